The molecule has 0 aromatic heterocycles. The molecule has 0 bridgehead atoms. The van der Waals surface area contributed by atoms with Gasteiger partial charge >= 0.3 is 0 Å². The molecule has 0 aliphatic carbocycles. The molecule has 1 fully saturated rings. The van der Waals surface area contributed by atoms with Crippen molar-refractivity contribution in [3.8, 4) is 0 Å². The van der Waals surface area contributed by atoms with Crippen molar-refractivity contribution in [3.63, 3.8) is 0 Å². The number of benzene rings is 2. The number of hydrogen-bond acceptors (Lipinski definition) is 4. The predicted octanol–water partition coefficient (Wildman–Crippen LogP) is 3.80. The summed E-state index contributed by atoms with van der Waals surface area (Å²) in [7, 11) is 0. The molecule has 0 saturated carbocycles. The number of carbonyl (C=O) groups is 2. The molecule has 2 N–H and O–H groups in total. The highest BCUT2D eigenvalue weighted by molar-refractivity contribution is 5.92. The Morgan fingerprint density at radius 2 is 1.84 bits per heavy atom. The first kappa shape index (κ1) is 23.7. The fraction of sp³-hybridized carbons (Fsp3) is 0.385. The van der Waals surface area contributed by atoms with Gasteiger partial charge < -0.3 is 15.4 Å². The first-order valence-corrected chi connectivity index (χ1v) is 11.2. The van der Waals surface area contributed by atoms with Crippen LogP contribution < -0.4 is 10.6 Å². The van der Waals surface area contributed by atoms with Gasteiger partial charge in [-0.2, -0.15) is 0 Å². The highest BCUT2D eigenvalue weighted by Crippen LogP contribution is 2.15. The second kappa shape index (κ2) is 12.2. The molecule has 0 spiro atoms. The van der Waals surface area contributed by atoms with Crippen LogP contribution in [0.5, 0.6) is 0 Å². The monoisotopic (exact) mass is 435 g/mol. The Morgan fingerprint density at radius 1 is 1.09 bits per heavy atom. The second-order valence-electron chi connectivity index (χ2n) is 8.33. The van der Waals surface area contributed by atoms with Gasteiger partial charge in [-0.1, -0.05) is 50.2 Å². The second-order valence-corrected chi connectivity index (χ2v) is 8.33. The summed E-state index contributed by atoms with van der Waals surface area (Å²) in [4.78, 5) is 26.7. The average molecular weight is 436 g/mol. The number of morpholine rings is 1. The molecule has 2 aromatic carbocycles. The standard InChI is InChI=1S/C26H33N3O3/c1-20(2)23-9-6-21(7-10-23)8-11-25(30)27-19-22-4-3-5-24(18-22)28-26(31)12-13-29-14-16-32-17-15-29/h3-11,18,20H,12-17,19H2,1-2H3,(H,27,30)(H,28,31)/b11-8+. The summed E-state index contributed by atoms with van der Waals surface area (Å²) in [5, 5.41) is 5.84. The third-order valence-electron chi connectivity index (χ3n) is 5.47. The van der Waals surface area contributed by atoms with Gasteiger partial charge in [0.05, 0.1) is 13.2 Å². The van der Waals surface area contributed by atoms with Gasteiger partial charge in [0.25, 0.3) is 0 Å². The van der Waals surface area contributed by atoms with E-state index in [4.69, 9.17) is 4.74 Å². The number of hydrogen-bond donors (Lipinski definition) is 2. The van der Waals surface area contributed by atoms with Crippen LogP contribution in [-0.2, 0) is 20.9 Å². The maximum atomic E-state index is 12.3. The van der Waals surface area contributed by atoms with Crippen LogP contribution in [0.4, 0.5) is 5.69 Å². The van der Waals surface area contributed by atoms with E-state index in [0.29, 0.717) is 18.9 Å². The Hall–Kier alpha value is -2.96. The zero-order valence-corrected chi connectivity index (χ0v) is 19.0. The van der Waals surface area contributed by atoms with Gasteiger partial charge in [0, 0.05) is 44.4 Å². The van der Waals surface area contributed by atoms with Crippen molar-refractivity contribution in [3.05, 3.63) is 71.3 Å². The topological polar surface area (TPSA) is 70.7 Å². The molecule has 2 amide bonds. The molecule has 1 saturated heterocycles. The summed E-state index contributed by atoms with van der Waals surface area (Å²) in [5.74, 6) is 0.323. The van der Waals surface area contributed by atoms with Gasteiger partial charge in [-0.3, -0.25) is 14.5 Å². The Bertz CT molecular complexity index is 916. The molecule has 0 unspecified atom stereocenters. The van der Waals surface area contributed by atoms with E-state index in [-0.39, 0.29) is 11.8 Å². The largest absolute Gasteiger partial charge is 0.379 e. The van der Waals surface area contributed by atoms with Crippen molar-refractivity contribution < 1.29 is 14.3 Å². The van der Waals surface area contributed by atoms with E-state index in [1.54, 1.807) is 6.08 Å². The van der Waals surface area contributed by atoms with Crippen molar-refractivity contribution >= 4 is 23.6 Å². The van der Waals surface area contributed by atoms with E-state index in [0.717, 1.165) is 49.7 Å². The third kappa shape index (κ3) is 7.94. The zero-order chi connectivity index (χ0) is 22.8. The minimum atomic E-state index is -0.155. The summed E-state index contributed by atoms with van der Waals surface area (Å²) in [6.45, 7) is 8.66. The van der Waals surface area contributed by atoms with Crippen molar-refractivity contribution in [2.45, 2.75) is 32.7 Å². The normalized spacial score (nSPS) is 14.6. The quantitative estimate of drug-likeness (QED) is 0.588. The average Bonchev–Trinajstić information content (AvgIpc) is 2.81. The number of anilines is 1. The SMILES string of the molecule is CC(C)c1ccc(/C=C/C(=O)NCc2cccc(NC(=O)CCN3CCOCC3)c2)cc1. The summed E-state index contributed by atoms with van der Waals surface area (Å²) in [6.07, 6.45) is 3.80. The van der Waals surface area contributed by atoms with Gasteiger partial charge in [-0.25, -0.2) is 0 Å². The molecule has 1 aliphatic heterocycles. The van der Waals surface area contributed by atoms with E-state index in [1.807, 2.05) is 42.5 Å². The first-order valence-electron chi connectivity index (χ1n) is 11.2. The zero-order valence-electron chi connectivity index (χ0n) is 19.0. The van der Waals surface area contributed by atoms with E-state index < -0.39 is 0 Å². The van der Waals surface area contributed by atoms with Crippen LogP contribution in [0, 0.1) is 0 Å². The Labute approximate surface area is 190 Å². The van der Waals surface area contributed by atoms with Gasteiger partial charge in [-0.05, 0) is 40.8 Å². The molecule has 0 atom stereocenters. The fourth-order valence-electron chi connectivity index (χ4n) is 3.48. The maximum absolute atomic E-state index is 12.3. The number of carbonyl (C=O) groups excluding carboxylic acids is 2. The molecule has 6 nitrogen and oxygen atoms in total. The molecule has 32 heavy (non-hydrogen) atoms. The lowest BCUT2D eigenvalue weighted by Crippen LogP contribution is -2.38. The number of ether oxygens (including phenoxy) is 1. The van der Waals surface area contributed by atoms with Crippen LogP contribution in [0.25, 0.3) is 6.08 Å². The van der Waals surface area contributed by atoms with Crippen molar-refractivity contribution in [1.29, 1.82) is 0 Å². The van der Waals surface area contributed by atoms with Crippen molar-refractivity contribution in [2.75, 3.05) is 38.2 Å². The van der Waals surface area contributed by atoms with Crippen LogP contribution in [0.15, 0.2) is 54.6 Å². The molecule has 0 radical (unpaired) electrons. The van der Waals surface area contributed by atoms with Gasteiger partial charge in [0.15, 0.2) is 0 Å². The van der Waals surface area contributed by atoms with Crippen LogP contribution in [0.2, 0.25) is 0 Å². The summed E-state index contributed by atoms with van der Waals surface area (Å²) >= 11 is 0. The van der Waals surface area contributed by atoms with Crippen molar-refractivity contribution in [2.24, 2.45) is 0 Å². The Morgan fingerprint density at radius 3 is 2.56 bits per heavy atom. The Kier molecular flexibility index (Phi) is 9.01. The number of nitrogens with zero attached hydrogens (tertiary/aromatic N) is 1. The number of nitrogens with one attached hydrogen (secondary N) is 2. The van der Waals surface area contributed by atoms with E-state index in [2.05, 4.69) is 41.5 Å². The van der Waals surface area contributed by atoms with Crippen LogP contribution in [-0.4, -0.2) is 49.6 Å². The summed E-state index contributed by atoms with van der Waals surface area (Å²) < 4.78 is 5.33. The number of rotatable bonds is 9. The van der Waals surface area contributed by atoms with Crippen LogP contribution in [0.1, 0.15) is 42.9 Å². The Balaban J connectivity index is 1.43. The van der Waals surface area contributed by atoms with Crippen molar-refractivity contribution in [1.82, 2.24) is 10.2 Å². The molecular formula is C26H33N3O3. The fourth-order valence-corrected chi connectivity index (χ4v) is 3.48. The molecule has 6 heteroatoms. The van der Waals surface area contributed by atoms with E-state index >= 15 is 0 Å². The van der Waals surface area contributed by atoms with Gasteiger partial charge in [0.2, 0.25) is 11.8 Å². The molecule has 3 rings (SSSR count). The molecule has 1 heterocycles. The molecule has 2 aromatic rings. The predicted molar refractivity (Wildman–Crippen MR) is 128 cm³/mol. The van der Waals surface area contributed by atoms with Crippen LogP contribution in [0.3, 0.4) is 0 Å². The van der Waals surface area contributed by atoms with Gasteiger partial charge in [0.1, 0.15) is 0 Å². The lowest BCUT2D eigenvalue weighted by molar-refractivity contribution is -0.117. The summed E-state index contributed by atoms with van der Waals surface area (Å²) in [5.41, 5.74) is 3.94. The maximum Gasteiger partial charge on any atom is 0.244 e. The highest BCUT2D eigenvalue weighted by atomic mass is 16.5. The van der Waals surface area contributed by atoms with Crippen LogP contribution >= 0.6 is 0 Å². The molecule has 1 aliphatic rings. The summed E-state index contributed by atoms with van der Waals surface area (Å²) in [6, 6.07) is 15.8. The van der Waals surface area contributed by atoms with Gasteiger partial charge in [-0.15, -0.1) is 0 Å². The van der Waals surface area contributed by atoms with E-state index in [1.165, 1.54) is 5.56 Å². The molecular weight excluding hydrogens is 402 g/mol. The molecule has 170 valence electrons. The van der Waals surface area contributed by atoms with E-state index in [9.17, 15) is 9.59 Å². The smallest absolute Gasteiger partial charge is 0.244 e. The highest BCUT2D eigenvalue weighted by Gasteiger charge is 2.12. The minimum Gasteiger partial charge on any atom is -0.379 e. The lowest BCUT2D eigenvalue weighted by atomic mass is 10.0. The number of amides is 2. The minimum absolute atomic E-state index is 0.0101. The first-order chi connectivity index (χ1) is 15.5. The lowest BCUT2D eigenvalue weighted by Gasteiger charge is -2.26. The third-order valence-corrected chi connectivity index (χ3v) is 5.47.